The average Bonchev–Trinajstić information content (AvgIpc) is 2.77. The average molecular weight is 283 g/mol. The van der Waals surface area contributed by atoms with Gasteiger partial charge in [0.05, 0.1) is 4.88 Å². The molecule has 0 aliphatic heterocycles. The molecule has 4 nitrogen and oxygen atoms in total. The van der Waals surface area contributed by atoms with Gasteiger partial charge in [-0.05, 0) is 44.5 Å². The van der Waals surface area contributed by atoms with Crippen LogP contribution >= 0.6 is 22.9 Å². The number of anilines is 1. The summed E-state index contributed by atoms with van der Waals surface area (Å²) < 4.78 is 0. The molecule has 2 rings (SSSR count). The third kappa shape index (κ3) is 2.79. The SMILES string of the molecule is CCN(CC)c1nc(Cl)nc(-c2ccc(C)s2)n1. The third-order valence-electron chi connectivity index (χ3n) is 2.60. The zero-order chi connectivity index (χ0) is 13.1. The summed E-state index contributed by atoms with van der Waals surface area (Å²) >= 11 is 7.64. The Bertz CT molecular complexity index is 537. The van der Waals surface area contributed by atoms with Crippen LogP contribution in [0.25, 0.3) is 10.7 Å². The van der Waals surface area contributed by atoms with E-state index in [0.717, 1.165) is 18.0 Å². The van der Waals surface area contributed by atoms with E-state index in [9.17, 15) is 0 Å². The van der Waals surface area contributed by atoms with E-state index in [-0.39, 0.29) is 5.28 Å². The first-order valence-electron chi connectivity index (χ1n) is 5.87. The zero-order valence-electron chi connectivity index (χ0n) is 10.6. The Labute approximate surface area is 116 Å². The standard InChI is InChI=1S/C12H15ClN4S/c1-4-17(5-2)12-15-10(14-11(13)16-12)9-7-6-8(3)18-9/h6-7H,4-5H2,1-3H3. The first kappa shape index (κ1) is 13.2. The molecule has 0 N–H and O–H groups in total. The highest BCUT2D eigenvalue weighted by atomic mass is 35.5. The third-order valence-corrected chi connectivity index (χ3v) is 3.77. The summed E-state index contributed by atoms with van der Waals surface area (Å²) in [6, 6.07) is 4.06. The monoisotopic (exact) mass is 282 g/mol. The van der Waals surface area contributed by atoms with Gasteiger partial charge < -0.3 is 4.90 Å². The quantitative estimate of drug-likeness (QED) is 0.862. The summed E-state index contributed by atoms with van der Waals surface area (Å²) in [5.74, 6) is 1.29. The van der Waals surface area contributed by atoms with Crippen LogP contribution in [0, 0.1) is 6.92 Å². The highest BCUT2D eigenvalue weighted by Crippen LogP contribution is 2.26. The Balaban J connectivity index is 2.43. The molecule has 2 aromatic heterocycles. The molecule has 0 unspecified atom stereocenters. The molecular weight excluding hydrogens is 268 g/mol. The van der Waals surface area contributed by atoms with Crippen molar-refractivity contribution in [3.8, 4) is 10.7 Å². The van der Waals surface area contributed by atoms with Gasteiger partial charge in [-0.25, -0.2) is 0 Å². The molecule has 0 amide bonds. The van der Waals surface area contributed by atoms with Gasteiger partial charge in [-0.3, -0.25) is 0 Å². The van der Waals surface area contributed by atoms with Gasteiger partial charge in [0.2, 0.25) is 11.2 Å². The molecule has 0 fully saturated rings. The lowest BCUT2D eigenvalue weighted by Crippen LogP contribution is -2.24. The van der Waals surface area contributed by atoms with Gasteiger partial charge in [0, 0.05) is 18.0 Å². The molecule has 0 atom stereocenters. The predicted octanol–water partition coefficient (Wildman–Crippen LogP) is 3.41. The normalized spacial score (nSPS) is 10.7. The Morgan fingerprint density at radius 1 is 1.17 bits per heavy atom. The van der Waals surface area contributed by atoms with Gasteiger partial charge in [-0.1, -0.05) is 0 Å². The van der Waals surface area contributed by atoms with Crippen molar-refractivity contribution in [1.82, 2.24) is 15.0 Å². The smallest absolute Gasteiger partial charge is 0.230 e. The number of rotatable bonds is 4. The first-order chi connectivity index (χ1) is 8.63. The van der Waals surface area contributed by atoms with Gasteiger partial charge in [0.15, 0.2) is 5.82 Å². The van der Waals surface area contributed by atoms with Crippen LogP contribution in [0.4, 0.5) is 5.95 Å². The van der Waals surface area contributed by atoms with Crippen molar-refractivity contribution in [2.75, 3.05) is 18.0 Å². The molecule has 0 radical (unpaired) electrons. The number of thiophene rings is 1. The van der Waals surface area contributed by atoms with Crippen molar-refractivity contribution in [3.63, 3.8) is 0 Å². The van der Waals surface area contributed by atoms with Crippen LogP contribution in [-0.4, -0.2) is 28.0 Å². The van der Waals surface area contributed by atoms with E-state index in [1.54, 1.807) is 11.3 Å². The van der Waals surface area contributed by atoms with Crippen molar-refractivity contribution in [1.29, 1.82) is 0 Å². The second-order valence-corrected chi connectivity index (χ2v) is 5.44. The topological polar surface area (TPSA) is 41.9 Å². The largest absolute Gasteiger partial charge is 0.341 e. The van der Waals surface area contributed by atoms with Gasteiger partial charge in [0.25, 0.3) is 0 Å². The molecule has 0 saturated heterocycles. The van der Waals surface area contributed by atoms with Crippen LogP contribution in [0.2, 0.25) is 5.28 Å². The maximum absolute atomic E-state index is 5.98. The summed E-state index contributed by atoms with van der Waals surface area (Å²) in [5.41, 5.74) is 0. The fraction of sp³-hybridized carbons (Fsp3) is 0.417. The Morgan fingerprint density at radius 2 is 1.89 bits per heavy atom. The summed E-state index contributed by atoms with van der Waals surface area (Å²) in [6.45, 7) is 7.88. The molecule has 0 aromatic carbocycles. The number of hydrogen-bond donors (Lipinski definition) is 0. The fourth-order valence-corrected chi connectivity index (χ4v) is 2.61. The highest BCUT2D eigenvalue weighted by Gasteiger charge is 2.12. The number of aromatic nitrogens is 3. The minimum absolute atomic E-state index is 0.243. The Hall–Kier alpha value is -1.20. The maximum atomic E-state index is 5.98. The van der Waals surface area contributed by atoms with Crippen LogP contribution in [0.5, 0.6) is 0 Å². The molecule has 0 aliphatic rings. The van der Waals surface area contributed by atoms with Crippen LogP contribution in [-0.2, 0) is 0 Å². The van der Waals surface area contributed by atoms with Gasteiger partial charge in [-0.2, -0.15) is 15.0 Å². The molecule has 6 heteroatoms. The summed E-state index contributed by atoms with van der Waals surface area (Å²) in [5, 5.41) is 0.243. The van der Waals surface area contributed by atoms with E-state index in [1.807, 2.05) is 6.07 Å². The van der Waals surface area contributed by atoms with Crippen molar-refractivity contribution in [3.05, 3.63) is 22.3 Å². The summed E-state index contributed by atoms with van der Waals surface area (Å²) in [6.07, 6.45) is 0. The summed E-state index contributed by atoms with van der Waals surface area (Å²) in [7, 11) is 0. The molecule has 0 aliphatic carbocycles. The lowest BCUT2D eigenvalue weighted by atomic mass is 10.4. The molecule has 0 saturated carbocycles. The Morgan fingerprint density at radius 3 is 2.44 bits per heavy atom. The van der Waals surface area contributed by atoms with Gasteiger partial charge in [0.1, 0.15) is 0 Å². The van der Waals surface area contributed by atoms with Crippen molar-refractivity contribution in [2.45, 2.75) is 20.8 Å². The highest BCUT2D eigenvalue weighted by molar-refractivity contribution is 7.15. The minimum atomic E-state index is 0.243. The van der Waals surface area contributed by atoms with E-state index in [4.69, 9.17) is 11.6 Å². The molecular formula is C12H15ClN4S. The van der Waals surface area contributed by atoms with Crippen LogP contribution in [0.15, 0.2) is 12.1 Å². The first-order valence-corrected chi connectivity index (χ1v) is 7.06. The van der Waals surface area contributed by atoms with Crippen molar-refractivity contribution in [2.24, 2.45) is 0 Å². The van der Waals surface area contributed by atoms with E-state index in [2.05, 4.69) is 46.7 Å². The lowest BCUT2D eigenvalue weighted by Gasteiger charge is -2.18. The van der Waals surface area contributed by atoms with Gasteiger partial charge in [-0.15, -0.1) is 11.3 Å². The van der Waals surface area contributed by atoms with Gasteiger partial charge >= 0.3 is 0 Å². The second kappa shape index (κ2) is 5.63. The number of aryl methyl sites for hydroxylation is 1. The minimum Gasteiger partial charge on any atom is -0.341 e. The van der Waals surface area contributed by atoms with E-state index < -0.39 is 0 Å². The number of hydrogen-bond acceptors (Lipinski definition) is 5. The summed E-state index contributed by atoms with van der Waals surface area (Å²) in [4.78, 5) is 17.2. The second-order valence-electron chi connectivity index (χ2n) is 3.81. The fourth-order valence-electron chi connectivity index (χ4n) is 1.65. The number of nitrogens with zero attached hydrogens (tertiary/aromatic N) is 4. The Kier molecular flexibility index (Phi) is 4.14. The van der Waals surface area contributed by atoms with E-state index in [0.29, 0.717) is 11.8 Å². The molecule has 96 valence electrons. The predicted molar refractivity (Wildman–Crippen MR) is 76.4 cm³/mol. The van der Waals surface area contributed by atoms with Crippen molar-refractivity contribution >= 4 is 28.9 Å². The van der Waals surface area contributed by atoms with E-state index >= 15 is 0 Å². The molecule has 2 heterocycles. The maximum Gasteiger partial charge on any atom is 0.230 e. The lowest BCUT2D eigenvalue weighted by molar-refractivity contribution is 0.814. The van der Waals surface area contributed by atoms with Crippen molar-refractivity contribution < 1.29 is 0 Å². The van der Waals surface area contributed by atoms with E-state index in [1.165, 1.54) is 4.88 Å². The zero-order valence-corrected chi connectivity index (χ0v) is 12.2. The molecule has 0 spiro atoms. The van der Waals surface area contributed by atoms with Crippen LogP contribution in [0.1, 0.15) is 18.7 Å². The molecule has 18 heavy (non-hydrogen) atoms. The molecule has 0 bridgehead atoms. The van der Waals surface area contributed by atoms with Crippen LogP contribution in [0.3, 0.4) is 0 Å². The number of halogens is 1. The molecule has 2 aromatic rings. The van der Waals surface area contributed by atoms with Crippen LogP contribution < -0.4 is 4.90 Å².